The average Bonchev–Trinajstić information content (AvgIpc) is 2.55. The molecule has 1 saturated heterocycles. The molecule has 0 aliphatic carbocycles. The Labute approximate surface area is 135 Å². The molecule has 0 aromatic heterocycles. The third kappa shape index (κ3) is 5.97. The molecule has 0 radical (unpaired) electrons. The fourth-order valence-electron chi connectivity index (χ4n) is 2.21. The fourth-order valence-corrected chi connectivity index (χ4v) is 2.21. The van der Waals surface area contributed by atoms with E-state index < -0.39 is 0 Å². The monoisotopic (exact) mass is 322 g/mol. The highest BCUT2D eigenvalue weighted by Gasteiger charge is 2.22. The second-order valence-corrected chi connectivity index (χ2v) is 5.21. The normalized spacial score (nSPS) is 14.9. The lowest BCUT2D eigenvalue weighted by Crippen LogP contribution is -2.50. The SMILES string of the molecule is COCCOCOCc1cccc(CN2CC(=O)NCC2=O)c1. The largest absolute Gasteiger partial charge is 0.382 e. The summed E-state index contributed by atoms with van der Waals surface area (Å²) in [4.78, 5) is 24.7. The van der Waals surface area contributed by atoms with Crippen LogP contribution in [0.15, 0.2) is 24.3 Å². The first-order valence-corrected chi connectivity index (χ1v) is 7.46. The van der Waals surface area contributed by atoms with Gasteiger partial charge in [0, 0.05) is 13.7 Å². The highest BCUT2D eigenvalue weighted by atomic mass is 16.7. The van der Waals surface area contributed by atoms with Gasteiger partial charge in [0.1, 0.15) is 6.79 Å². The van der Waals surface area contributed by atoms with Gasteiger partial charge in [-0.05, 0) is 11.1 Å². The van der Waals surface area contributed by atoms with Gasteiger partial charge in [0.25, 0.3) is 0 Å². The van der Waals surface area contributed by atoms with Crippen LogP contribution in [0.25, 0.3) is 0 Å². The molecule has 0 saturated carbocycles. The quantitative estimate of drug-likeness (QED) is 0.522. The minimum atomic E-state index is -0.128. The summed E-state index contributed by atoms with van der Waals surface area (Å²) >= 11 is 0. The number of ether oxygens (including phenoxy) is 3. The Morgan fingerprint density at radius 2 is 2.00 bits per heavy atom. The van der Waals surface area contributed by atoms with Crippen LogP contribution in [-0.2, 0) is 37.0 Å². The molecule has 7 nitrogen and oxygen atoms in total. The van der Waals surface area contributed by atoms with Crippen molar-refractivity contribution in [2.75, 3.05) is 40.2 Å². The number of hydrogen-bond acceptors (Lipinski definition) is 5. The fraction of sp³-hybridized carbons (Fsp3) is 0.500. The minimum absolute atomic E-state index is 0.0699. The lowest BCUT2D eigenvalue weighted by atomic mass is 10.1. The molecule has 0 bridgehead atoms. The highest BCUT2D eigenvalue weighted by molar-refractivity contribution is 5.92. The number of piperazine rings is 1. The number of benzene rings is 1. The van der Waals surface area contributed by atoms with Crippen molar-refractivity contribution in [1.82, 2.24) is 10.2 Å². The summed E-state index contributed by atoms with van der Waals surface area (Å²) < 4.78 is 15.5. The minimum Gasteiger partial charge on any atom is -0.382 e. The van der Waals surface area contributed by atoms with E-state index in [1.54, 1.807) is 12.0 Å². The van der Waals surface area contributed by atoms with E-state index >= 15 is 0 Å². The Kier molecular flexibility index (Phi) is 6.99. The van der Waals surface area contributed by atoms with Crippen molar-refractivity contribution in [3.05, 3.63) is 35.4 Å². The van der Waals surface area contributed by atoms with Crippen LogP contribution in [0.5, 0.6) is 0 Å². The molecular weight excluding hydrogens is 300 g/mol. The van der Waals surface area contributed by atoms with Gasteiger partial charge in [-0.3, -0.25) is 9.59 Å². The second-order valence-electron chi connectivity index (χ2n) is 5.21. The van der Waals surface area contributed by atoms with E-state index in [2.05, 4.69) is 5.32 Å². The molecule has 2 rings (SSSR count). The van der Waals surface area contributed by atoms with Crippen molar-refractivity contribution >= 4 is 11.8 Å². The number of carbonyl (C=O) groups excluding carboxylic acids is 2. The van der Waals surface area contributed by atoms with E-state index in [1.165, 1.54) is 0 Å². The lowest BCUT2D eigenvalue weighted by molar-refractivity contribution is -0.141. The molecule has 1 aliphatic heterocycles. The zero-order valence-corrected chi connectivity index (χ0v) is 13.2. The molecule has 2 amide bonds. The van der Waals surface area contributed by atoms with Crippen LogP contribution < -0.4 is 5.32 Å². The van der Waals surface area contributed by atoms with Crippen LogP contribution in [0, 0.1) is 0 Å². The summed E-state index contributed by atoms with van der Waals surface area (Å²) in [5.74, 6) is -0.199. The first-order chi connectivity index (χ1) is 11.2. The Balaban J connectivity index is 1.80. The van der Waals surface area contributed by atoms with Crippen molar-refractivity contribution < 1.29 is 23.8 Å². The van der Waals surface area contributed by atoms with E-state index in [-0.39, 0.29) is 31.7 Å². The van der Waals surface area contributed by atoms with Gasteiger partial charge in [0.15, 0.2) is 0 Å². The smallest absolute Gasteiger partial charge is 0.242 e. The Hall–Kier alpha value is -1.96. The third-order valence-corrected chi connectivity index (χ3v) is 3.36. The molecule has 0 spiro atoms. The van der Waals surface area contributed by atoms with Crippen LogP contribution in [0.2, 0.25) is 0 Å². The zero-order valence-electron chi connectivity index (χ0n) is 13.2. The van der Waals surface area contributed by atoms with E-state index in [1.807, 2.05) is 24.3 Å². The molecule has 1 aromatic carbocycles. The molecule has 0 unspecified atom stereocenters. The number of carbonyl (C=O) groups is 2. The maximum atomic E-state index is 11.8. The lowest BCUT2D eigenvalue weighted by Gasteiger charge is -2.26. The summed E-state index contributed by atoms with van der Waals surface area (Å²) in [7, 11) is 1.62. The van der Waals surface area contributed by atoms with Gasteiger partial charge in [-0.15, -0.1) is 0 Å². The van der Waals surface area contributed by atoms with E-state index in [0.29, 0.717) is 26.4 Å². The summed E-state index contributed by atoms with van der Waals surface area (Å²) in [6.45, 7) is 2.26. The van der Waals surface area contributed by atoms with E-state index in [0.717, 1.165) is 11.1 Å². The Bertz CT molecular complexity index is 535. The topological polar surface area (TPSA) is 77.1 Å². The van der Waals surface area contributed by atoms with Gasteiger partial charge in [-0.1, -0.05) is 24.3 Å². The number of amides is 2. The molecule has 1 heterocycles. The molecule has 1 N–H and O–H groups in total. The van der Waals surface area contributed by atoms with E-state index in [4.69, 9.17) is 14.2 Å². The molecule has 126 valence electrons. The first-order valence-electron chi connectivity index (χ1n) is 7.46. The zero-order chi connectivity index (χ0) is 16.5. The van der Waals surface area contributed by atoms with Crippen molar-refractivity contribution in [2.24, 2.45) is 0 Å². The number of nitrogens with one attached hydrogen (secondary N) is 1. The van der Waals surface area contributed by atoms with Crippen LogP contribution in [0.4, 0.5) is 0 Å². The molecule has 1 fully saturated rings. The summed E-state index contributed by atoms with van der Waals surface area (Å²) in [6.07, 6.45) is 0. The summed E-state index contributed by atoms with van der Waals surface area (Å²) in [5.41, 5.74) is 1.96. The average molecular weight is 322 g/mol. The van der Waals surface area contributed by atoms with Crippen LogP contribution >= 0.6 is 0 Å². The standard InChI is InChI=1S/C16H22N2O5/c1-21-5-6-22-12-23-11-14-4-2-3-13(7-14)9-18-10-15(19)17-8-16(18)20/h2-4,7H,5-6,8-12H2,1H3,(H,17,19). The van der Waals surface area contributed by atoms with Gasteiger partial charge in [0.2, 0.25) is 11.8 Å². The molecule has 7 heteroatoms. The molecule has 1 aromatic rings. The van der Waals surface area contributed by atoms with Crippen molar-refractivity contribution in [2.45, 2.75) is 13.2 Å². The van der Waals surface area contributed by atoms with Crippen molar-refractivity contribution in [3.63, 3.8) is 0 Å². The predicted octanol–water partition coefficient (Wildman–Crippen LogP) is 0.282. The maximum Gasteiger partial charge on any atom is 0.242 e. The predicted molar refractivity (Wildman–Crippen MR) is 82.4 cm³/mol. The highest BCUT2D eigenvalue weighted by Crippen LogP contribution is 2.11. The maximum absolute atomic E-state index is 11.8. The number of hydrogen-bond donors (Lipinski definition) is 1. The van der Waals surface area contributed by atoms with Gasteiger partial charge >= 0.3 is 0 Å². The number of nitrogens with zero attached hydrogens (tertiary/aromatic N) is 1. The number of methoxy groups -OCH3 is 1. The van der Waals surface area contributed by atoms with Gasteiger partial charge in [-0.2, -0.15) is 0 Å². The Morgan fingerprint density at radius 3 is 2.83 bits per heavy atom. The summed E-state index contributed by atoms with van der Waals surface area (Å²) in [6, 6.07) is 7.75. The van der Waals surface area contributed by atoms with Gasteiger partial charge < -0.3 is 24.4 Å². The van der Waals surface area contributed by atoms with E-state index in [9.17, 15) is 9.59 Å². The molecule has 23 heavy (non-hydrogen) atoms. The van der Waals surface area contributed by atoms with Crippen LogP contribution in [-0.4, -0.2) is 56.9 Å². The second kappa shape index (κ2) is 9.24. The number of rotatable bonds is 9. The van der Waals surface area contributed by atoms with Crippen LogP contribution in [0.1, 0.15) is 11.1 Å². The third-order valence-electron chi connectivity index (χ3n) is 3.36. The van der Waals surface area contributed by atoms with Crippen LogP contribution in [0.3, 0.4) is 0 Å². The Morgan fingerprint density at radius 1 is 1.17 bits per heavy atom. The molecular formula is C16H22N2O5. The molecule has 1 aliphatic rings. The molecule has 0 atom stereocenters. The van der Waals surface area contributed by atoms with Gasteiger partial charge in [-0.25, -0.2) is 0 Å². The van der Waals surface area contributed by atoms with Crippen molar-refractivity contribution in [1.29, 1.82) is 0 Å². The van der Waals surface area contributed by atoms with Crippen molar-refractivity contribution in [3.8, 4) is 0 Å². The summed E-state index contributed by atoms with van der Waals surface area (Å²) in [5, 5.41) is 2.53. The van der Waals surface area contributed by atoms with Gasteiger partial charge in [0.05, 0.1) is 32.9 Å². The first kappa shape index (κ1) is 17.4.